The van der Waals surface area contributed by atoms with Crippen LogP contribution in [0, 0.1) is 0 Å². The fraction of sp³-hybridized carbons (Fsp3) is 0.125. The zero-order valence-corrected chi connectivity index (χ0v) is 23.3. The first kappa shape index (κ1) is 26.0. The maximum Gasteiger partial charge on any atom is 0.339 e. The summed E-state index contributed by atoms with van der Waals surface area (Å²) in [4.78, 5) is 28.1. The highest BCUT2D eigenvalue weighted by Gasteiger charge is 2.46. The standard InChI is InChI=1S/C32H30O4P2/c1-35-31(33)29-30(32(34)36-2)38(27-19-11-5-12-20-27,28-21-13-6-14-22-28)24-23-37(29,25-15-7-3-8-16-25)26-17-9-4-10-18-26/h3-22H,23-24H2,1-2H3. The summed E-state index contributed by atoms with van der Waals surface area (Å²) in [5.74, 6) is -0.940. The zero-order chi connectivity index (χ0) is 26.6. The molecule has 0 N–H and O–H groups in total. The van der Waals surface area contributed by atoms with Gasteiger partial charge in [0, 0.05) is 0 Å². The van der Waals surface area contributed by atoms with Crippen LogP contribution >= 0.6 is 13.8 Å². The molecule has 5 rings (SSSR count). The van der Waals surface area contributed by atoms with Gasteiger partial charge in [0.05, 0.1) is 24.8 Å². The Kier molecular flexibility index (Phi) is 7.56. The van der Waals surface area contributed by atoms with Crippen LogP contribution in [0.5, 0.6) is 0 Å². The Balaban J connectivity index is 2.11. The summed E-state index contributed by atoms with van der Waals surface area (Å²) in [5, 5.41) is 5.13. The summed E-state index contributed by atoms with van der Waals surface area (Å²) >= 11 is 0. The van der Waals surface area contributed by atoms with Crippen molar-refractivity contribution in [3.8, 4) is 0 Å². The van der Waals surface area contributed by atoms with Gasteiger partial charge in [0.15, 0.2) is 0 Å². The zero-order valence-electron chi connectivity index (χ0n) is 21.5. The van der Waals surface area contributed by atoms with Gasteiger partial charge in [0.2, 0.25) is 0 Å². The van der Waals surface area contributed by atoms with Crippen LogP contribution in [0.25, 0.3) is 0 Å². The Hall–Kier alpha value is -3.58. The highest BCUT2D eigenvalue weighted by Crippen LogP contribution is 2.60. The summed E-state index contributed by atoms with van der Waals surface area (Å²) in [6, 6.07) is 40.5. The molecule has 4 nitrogen and oxygen atoms in total. The first-order valence-electron chi connectivity index (χ1n) is 12.5. The Morgan fingerprint density at radius 2 is 0.711 bits per heavy atom. The SMILES string of the molecule is COC(=O)C1=P(c2ccccc2)(c2ccccc2)CCP(c2ccccc2)(c2ccccc2)=C1C(=O)OC. The highest BCUT2D eigenvalue weighted by molar-refractivity contribution is 8.01. The van der Waals surface area contributed by atoms with Gasteiger partial charge in [-0.15, -0.1) is 0 Å². The molecule has 0 spiro atoms. The molecular weight excluding hydrogens is 510 g/mol. The summed E-state index contributed by atoms with van der Waals surface area (Å²) < 4.78 is 11.0. The number of carbonyl (C=O) groups excluding carboxylic acids is 2. The minimum atomic E-state index is -2.59. The quantitative estimate of drug-likeness (QED) is 0.274. The molecule has 0 aliphatic carbocycles. The second-order valence-corrected chi connectivity index (χ2v) is 16.2. The van der Waals surface area contributed by atoms with Gasteiger partial charge in [0.1, 0.15) is 0 Å². The molecule has 0 fully saturated rings. The van der Waals surface area contributed by atoms with E-state index in [0.717, 1.165) is 33.5 Å². The predicted octanol–water partition coefficient (Wildman–Crippen LogP) is 4.03. The molecule has 6 heteroatoms. The molecule has 0 unspecified atom stereocenters. The largest absolute Gasteiger partial charge is 0.465 e. The van der Waals surface area contributed by atoms with Crippen molar-refractivity contribution in [3.05, 3.63) is 121 Å². The number of benzene rings is 4. The molecule has 0 amide bonds. The molecule has 0 aromatic heterocycles. The van der Waals surface area contributed by atoms with Gasteiger partial charge >= 0.3 is 11.9 Å². The normalized spacial score (nSPS) is 15.9. The van der Waals surface area contributed by atoms with Crippen molar-refractivity contribution in [1.82, 2.24) is 0 Å². The average Bonchev–Trinajstić information content (AvgIpc) is 3.01. The number of carbonyl (C=O) groups is 2. The second-order valence-electron chi connectivity index (χ2n) is 9.09. The van der Waals surface area contributed by atoms with Crippen molar-refractivity contribution in [2.24, 2.45) is 0 Å². The number of rotatable bonds is 6. The lowest BCUT2D eigenvalue weighted by atomic mass is 10.3. The van der Waals surface area contributed by atoms with Gasteiger partial charge in [-0.1, -0.05) is 121 Å². The molecule has 38 heavy (non-hydrogen) atoms. The Bertz CT molecular complexity index is 1350. The van der Waals surface area contributed by atoms with Crippen molar-refractivity contribution in [2.45, 2.75) is 0 Å². The third kappa shape index (κ3) is 4.19. The minimum absolute atomic E-state index is 0.469. The topological polar surface area (TPSA) is 52.6 Å². The third-order valence-electron chi connectivity index (χ3n) is 7.30. The van der Waals surface area contributed by atoms with E-state index in [0.29, 0.717) is 10.6 Å². The fourth-order valence-corrected chi connectivity index (χ4v) is 16.6. The van der Waals surface area contributed by atoms with E-state index in [1.165, 1.54) is 14.2 Å². The van der Waals surface area contributed by atoms with Crippen molar-refractivity contribution in [3.63, 3.8) is 0 Å². The van der Waals surface area contributed by atoms with Gasteiger partial charge in [-0.25, -0.2) is 9.59 Å². The number of ether oxygens (including phenoxy) is 2. The van der Waals surface area contributed by atoms with Crippen LogP contribution in [0.1, 0.15) is 0 Å². The first-order chi connectivity index (χ1) is 18.6. The van der Waals surface area contributed by atoms with Crippen LogP contribution in [0.15, 0.2) is 121 Å². The molecule has 0 radical (unpaired) electrons. The summed E-state index contributed by atoms with van der Waals surface area (Å²) in [6.07, 6.45) is 1.45. The lowest BCUT2D eigenvalue weighted by molar-refractivity contribution is -0.134. The predicted molar refractivity (Wildman–Crippen MR) is 162 cm³/mol. The monoisotopic (exact) mass is 540 g/mol. The summed E-state index contributed by atoms with van der Waals surface area (Å²) in [6.45, 7) is -5.18. The van der Waals surface area contributed by atoms with Gasteiger partial charge in [-0.3, -0.25) is 0 Å². The van der Waals surface area contributed by atoms with E-state index >= 15 is 0 Å². The van der Waals surface area contributed by atoms with Gasteiger partial charge in [0.25, 0.3) is 0 Å². The van der Waals surface area contributed by atoms with Crippen molar-refractivity contribution >= 4 is 57.5 Å². The third-order valence-corrected chi connectivity index (χ3v) is 16.7. The Morgan fingerprint density at radius 1 is 0.474 bits per heavy atom. The van der Waals surface area contributed by atoms with E-state index in [2.05, 4.69) is 48.5 Å². The van der Waals surface area contributed by atoms with Crippen LogP contribution in [0.2, 0.25) is 0 Å². The van der Waals surface area contributed by atoms with Crippen LogP contribution in [-0.4, -0.2) is 49.1 Å². The van der Waals surface area contributed by atoms with E-state index in [4.69, 9.17) is 9.47 Å². The summed E-state index contributed by atoms with van der Waals surface area (Å²) in [5.41, 5.74) is 0. The van der Waals surface area contributed by atoms with E-state index in [1.807, 2.05) is 72.8 Å². The van der Waals surface area contributed by atoms with Gasteiger partial charge in [-0.2, -0.15) is 0 Å². The maximum atomic E-state index is 14.1. The molecule has 0 saturated heterocycles. The molecule has 0 saturated carbocycles. The lowest BCUT2D eigenvalue weighted by Gasteiger charge is -2.42. The van der Waals surface area contributed by atoms with Crippen molar-refractivity contribution in [2.75, 3.05) is 26.5 Å². The van der Waals surface area contributed by atoms with Crippen LogP contribution in [0.4, 0.5) is 0 Å². The van der Waals surface area contributed by atoms with Crippen molar-refractivity contribution in [1.29, 1.82) is 0 Å². The minimum Gasteiger partial charge on any atom is -0.465 e. The van der Waals surface area contributed by atoms with Gasteiger partial charge < -0.3 is 9.47 Å². The molecule has 1 aliphatic rings. The smallest absolute Gasteiger partial charge is 0.339 e. The van der Waals surface area contributed by atoms with Crippen LogP contribution < -0.4 is 21.2 Å². The Labute approximate surface area is 224 Å². The Morgan fingerprint density at radius 3 is 0.921 bits per heavy atom. The first-order valence-corrected chi connectivity index (χ1v) is 16.4. The fourth-order valence-electron chi connectivity index (χ4n) is 5.64. The van der Waals surface area contributed by atoms with E-state index in [1.54, 1.807) is 0 Å². The molecule has 1 heterocycles. The lowest BCUT2D eigenvalue weighted by Crippen LogP contribution is -2.46. The number of methoxy groups -OCH3 is 2. The highest BCUT2D eigenvalue weighted by atomic mass is 31.2. The van der Waals surface area contributed by atoms with E-state index in [-0.39, 0.29) is 0 Å². The van der Waals surface area contributed by atoms with E-state index in [9.17, 15) is 9.59 Å². The second kappa shape index (κ2) is 11.0. The van der Waals surface area contributed by atoms with Crippen LogP contribution in [-0.2, 0) is 19.1 Å². The van der Waals surface area contributed by atoms with Gasteiger partial charge in [-0.05, 0) is 47.3 Å². The molecular formula is C32H30O4P2. The number of hydrogen-bond donors (Lipinski definition) is 0. The molecule has 192 valence electrons. The maximum absolute atomic E-state index is 14.1. The van der Waals surface area contributed by atoms with Crippen molar-refractivity contribution < 1.29 is 19.1 Å². The number of hydrogen-bond acceptors (Lipinski definition) is 4. The molecule has 4 aromatic carbocycles. The molecule has 1 aliphatic heterocycles. The molecule has 0 atom stereocenters. The molecule has 0 bridgehead atoms. The molecule has 4 aromatic rings. The van der Waals surface area contributed by atoms with E-state index < -0.39 is 25.7 Å². The van der Waals surface area contributed by atoms with Crippen LogP contribution in [0.3, 0.4) is 0 Å². The summed E-state index contributed by atoms with van der Waals surface area (Å²) in [7, 11) is 2.79. The average molecular weight is 541 g/mol. The number of esters is 2.